The normalized spacial score (nSPS) is 20.4. The Balaban J connectivity index is 0.853. The standard InChI is InChI=1S/C48H57N9O7/c49-43-40(28-38(53-54-43)36-11-4-5-12-41(36)59)56-25-20-48(21-26-56,33-9-2-1-3-10-33)47(64)51-29-32(17-22-50-30-58)8-6-7-31-18-23-55(24-19-31)34-13-14-35-37(27-34)46(63)57(45(35)62)39-15-16-42(60)52-44(39)61/h2,4-5,9-14,27-28,30-32,39,59H,1,3,6-8,15-26,29H2,(H2,49,54)(H,50,58)(H,51,64)(H,52,60,61). The molecule has 0 spiro atoms. The number of imide groups is 2. The van der Waals surface area contributed by atoms with Crippen LogP contribution in [0.4, 0.5) is 17.2 Å². The monoisotopic (exact) mass is 871 g/mol. The highest BCUT2D eigenvalue weighted by Gasteiger charge is 2.46. The highest BCUT2D eigenvalue weighted by Crippen LogP contribution is 2.44. The number of anilines is 3. The van der Waals surface area contributed by atoms with Gasteiger partial charge >= 0.3 is 0 Å². The number of carbonyl (C=O) groups excluding carboxylic acids is 6. The number of para-hydroxylation sites is 1. The van der Waals surface area contributed by atoms with Gasteiger partial charge in [-0.05, 0) is 112 Å². The Morgan fingerprint density at radius 2 is 1.70 bits per heavy atom. The third-order valence-electron chi connectivity index (χ3n) is 13.9. The number of phenolic OH excluding ortho intramolecular Hbond substituents is 1. The summed E-state index contributed by atoms with van der Waals surface area (Å²) in [5, 5.41) is 27.4. The number of nitrogen functional groups attached to an aromatic ring is 1. The Labute approximate surface area is 372 Å². The van der Waals surface area contributed by atoms with Crippen LogP contribution in [0.5, 0.6) is 5.75 Å². The highest BCUT2D eigenvalue weighted by atomic mass is 16.3. The summed E-state index contributed by atoms with van der Waals surface area (Å²) in [6.45, 7) is 3.79. The molecular formula is C48H57N9O7. The van der Waals surface area contributed by atoms with Crippen molar-refractivity contribution < 1.29 is 33.9 Å². The predicted molar refractivity (Wildman–Crippen MR) is 241 cm³/mol. The first kappa shape index (κ1) is 44.0. The molecule has 0 bridgehead atoms. The molecule has 3 saturated heterocycles. The smallest absolute Gasteiger partial charge is 0.262 e. The fourth-order valence-corrected chi connectivity index (χ4v) is 10.1. The van der Waals surface area contributed by atoms with Crippen molar-refractivity contribution in [2.75, 3.05) is 54.8 Å². The first-order valence-electron chi connectivity index (χ1n) is 22.7. The topological polar surface area (TPSA) is 220 Å². The van der Waals surface area contributed by atoms with E-state index < -0.39 is 35.1 Å². The largest absolute Gasteiger partial charge is 0.507 e. The molecule has 0 radical (unpaired) electrons. The van der Waals surface area contributed by atoms with Crippen molar-refractivity contribution >= 4 is 53.1 Å². The van der Waals surface area contributed by atoms with Crippen molar-refractivity contribution in [1.82, 2.24) is 31.0 Å². The van der Waals surface area contributed by atoms with Crippen LogP contribution in [-0.2, 0) is 19.2 Å². The van der Waals surface area contributed by atoms with E-state index in [-0.39, 0.29) is 41.5 Å². The highest BCUT2D eigenvalue weighted by molar-refractivity contribution is 6.23. The van der Waals surface area contributed by atoms with Crippen molar-refractivity contribution in [3.63, 3.8) is 0 Å². The number of nitrogens with two attached hydrogens (primary N) is 1. The molecule has 3 fully saturated rings. The zero-order valence-corrected chi connectivity index (χ0v) is 36.1. The number of hydrogen-bond donors (Lipinski definition) is 5. The van der Waals surface area contributed by atoms with Crippen molar-refractivity contribution in [2.45, 2.75) is 83.1 Å². The molecule has 1 aliphatic carbocycles. The summed E-state index contributed by atoms with van der Waals surface area (Å²) < 4.78 is 0. The van der Waals surface area contributed by atoms with Crippen molar-refractivity contribution in [2.24, 2.45) is 17.3 Å². The van der Waals surface area contributed by atoms with Crippen molar-refractivity contribution in [3.05, 3.63) is 83.5 Å². The maximum atomic E-state index is 14.5. The van der Waals surface area contributed by atoms with E-state index in [0.717, 1.165) is 86.3 Å². The number of phenols is 1. The Hall–Kier alpha value is -6.58. The zero-order valence-electron chi connectivity index (χ0n) is 36.1. The van der Waals surface area contributed by atoms with Crippen LogP contribution in [0.1, 0.15) is 97.8 Å². The molecule has 6 N–H and O–H groups in total. The molecule has 1 aromatic heterocycles. The van der Waals surface area contributed by atoms with Crippen LogP contribution >= 0.6 is 0 Å². The molecule has 5 aliphatic rings. The molecule has 5 heterocycles. The van der Waals surface area contributed by atoms with Crippen LogP contribution in [0.25, 0.3) is 11.3 Å². The molecule has 2 atom stereocenters. The summed E-state index contributed by atoms with van der Waals surface area (Å²) in [7, 11) is 0. The molecule has 64 heavy (non-hydrogen) atoms. The van der Waals surface area contributed by atoms with Gasteiger partial charge in [0.2, 0.25) is 24.1 Å². The fraction of sp³-hybridized carbons (Fsp3) is 0.458. The van der Waals surface area contributed by atoms with Crippen LogP contribution in [0.2, 0.25) is 0 Å². The lowest BCUT2D eigenvalue weighted by Gasteiger charge is -2.43. The van der Waals surface area contributed by atoms with E-state index in [2.05, 4.69) is 54.2 Å². The average molecular weight is 872 g/mol. The fourth-order valence-electron chi connectivity index (χ4n) is 10.1. The minimum absolute atomic E-state index is 0.0164. The number of carbonyl (C=O) groups is 6. The Morgan fingerprint density at radius 1 is 0.922 bits per heavy atom. The zero-order chi connectivity index (χ0) is 44.8. The molecule has 3 aromatic rings. The number of rotatable bonds is 16. The van der Waals surface area contributed by atoms with Crippen LogP contribution in [0, 0.1) is 17.3 Å². The quantitative estimate of drug-likeness (QED) is 0.0755. The molecule has 2 unspecified atom stereocenters. The van der Waals surface area contributed by atoms with Crippen LogP contribution in [0.15, 0.2) is 72.3 Å². The summed E-state index contributed by atoms with van der Waals surface area (Å²) >= 11 is 0. The van der Waals surface area contributed by atoms with E-state index in [0.29, 0.717) is 68.4 Å². The third-order valence-corrected chi connectivity index (χ3v) is 13.9. The van der Waals surface area contributed by atoms with E-state index in [9.17, 15) is 33.9 Å². The molecule has 8 rings (SSSR count). The summed E-state index contributed by atoms with van der Waals surface area (Å²) in [6, 6.07) is 13.1. The SMILES string of the molecule is Nc1nnc(-c2ccccc2O)cc1N1CCC(C(=O)NCC(CCCC2CCN(c3ccc4c(c3)C(=O)N(C3CCC(=O)NC3=O)C4=O)CC2)CCNC=O)(C2=CCCC=C2)CC1. The van der Waals surface area contributed by atoms with Gasteiger partial charge in [0.05, 0.1) is 27.9 Å². The second kappa shape index (κ2) is 19.4. The second-order valence-corrected chi connectivity index (χ2v) is 17.7. The van der Waals surface area contributed by atoms with E-state index in [4.69, 9.17) is 5.73 Å². The average Bonchev–Trinajstić information content (AvgIpc) is 3.56. The van der Waals surface area contributed by atoms with Gasteiger partial charge in [-0.1, -0.05) is 43.2 Å². The van der Waals surface area contributed by atoms with Crippen LogP contribution in [-0.4, -0.2) is 101 Å². The molecule has 16 nitrogen and oxygen atoms in total. The number of allylic oxidation sites excluding steroid dienone is 3. The second-order valence-electron chi connectivity index (χ2n) is 17.7. The minimum Gasteiger partial charge on any atom is -0.507 e. The number of hydrogen-bond acceptors (Lipinski definition) is 12. The number of benzene rings is 2. The van der Waals surface area contributed by atoms with E-state index in [1.165, 1.54) is 0 Å². The number of nitrogens with zero attached hydrogens (tertiary/aromatic N) is 5. The predicted octanol–water partition coefficient (Wildman–Crippen LogP) is 4.65. The number of piperidine rings is 3. The van der Waals surface area contributed by atoms with Crippen molar-refractivity contribution in [3.8, 4) is 17.0 Å². The van der Waals surface area contributed by atoms with E-state index >= 15 is 0 Å². The molecular weight excluding hydrogens is 815 g/mol. The van der Waals surface area contributed by atoms with Gasteiger partial charge in [-0.3, -0.25) is 39.0 Å². The Morgan fingerprint density at radius 3 is 2.44 bits per heavy atom. The third kappa shape index (κ3) is 9.22. The lowest BCUT2D eigenvalue weighted by Crippen LogP contribution is -2.54. The number of amides is 6. The Bertz CT molecular complexity index is 2350. The molecule has 6 amide bonds. The van der Waals surface area contributed by atoms with E-state index in [1.807, 2.05) is 18.2 Å². The first-order chi connectivity index (χ1) is 31.1. The summed E-state index contributed by atoms with van der Waals surface area (Å²) in [6.07, 6.45) is 16.0. The first-order valence-corrected chi connectivity index (χ1v) is 22.7. The lowest BCUT2D eigenvalue weighted by atomic mass is 9.70. The van der Waals surface area contributed by atoms with Gasteiger partial charge in [0, 0.05) is 56.9 Å². The van der Waals surface area contributed by atoms with Gasteiger partial charge < -0.3 is 31.3 Å². The van der Waals surface area contributed by atoms with Gasteiger partial charge in [-0.15, -0.1) is 10.2 Å². The number of aromatic nitrogens is 2. The van der Waals surface area contributed by atoms with Gasteiger partial charge in [-0.2, -0.15) is 0 Å². The lowest BCUT2D eigenvalue weighted by molar-refractivity contribution is -0.136. The van der Waals surface area contributed by atoms with Gasteiger partial charge in [-0.25, -0.2) is 0 Å². The summed E-state index contributed by atoms with van der Waals surface area (Å²) in [5.41, 5.74) is 9.93. The van der Waals surface area contributed by atoms with Gasteiger partial charge in [0.1, 0.15) is 11.8 Å². The number of aromatic hydroxyl groups is 1. The molecule has 16 heteroatoms. The van der Waals surface area contributed by atoms with Crippen LogP contribution < -0.4 is 31.5 Å². The molecule has 336 valence electrons. The van der Waals surface area contributed by atoms with E-state index in [1.54, 1.807) is 30.3 Å². The number of fused-ring (bicyclic) bond motifs is 1. The Kier molecular flexibility index (Phi) is 13.4. The van der Waals surface area contributed by atoms with Gasteiger partial charge in [0.25, 0.3) is 11.8 Å². The minimum atomic E-state index is -0.996. The molecule has 4 aliphatic heterocycles. The number of nitrogens with one attached hydrogen (secondary N) is 3. The van der Waals surface area contributed by atoms with Gasteiger partial charge in [0.15, 0.2) is 5.82 Å². The summed E-state index contributed by atoms with van der Waals surface area (Å²) in [4.78, 5) is 81.8. The summed E-state index contributed by atoms with van der Waals surface area (Å²) in [5.74, 6) is -0.941. The molecule has 0 saturated carbocycles. The van der Waals surface area contributed by atoms with Crippen LogP contribution in [0.3, 0.4) is 0 Å². The van der Waals surface area contributed by atoms with Crippen molar-refractivity contribution in [1.29, 1.82) is 0 Å². The maximum Gasteiger partial charge on any atom is 0.262 e. The molecule has 2 aromatic carbocycles. The maximum absolute atomic E-state index is 14.5.